The first-order valence-corrected chi connectivity index (χ1v) is 8.10. The lowest BCUT2D eigenvalue weighted by molar-refractivity contribution is -0.123. The van der Waals surface area contributed by atoms with Crippen LogP contribution in [-0.4, -0.2) is 39.4 Å². The van der Waals surface area contributed by atoms with Crippen molar-refractivity contribution in [2.45, 2.75) is 6.92 Å². The van der Waals surface area contributed by atoms with Crippen molar-refractivity contribution in [2.75, 3.05) is 33.5 Å². The molecule has 0 bridgehead atoms. The third kappa shape index (κ3) is 6.63. The lowest BCUT2D eigenvalue weighted by Gasteiger charge is -2.10. The molecule has 0 saturated carbocycles. The van der Waals surface area contributed by atoms with Crippen LogP contribution < -0.4 is 24.3 Å². The van der Waals surface area contributed by atoms with E-state index in [1.807, 2.05) is 31.2 Å². The number of hydrogen-bond acceptors (Lipinski definition) is 5. The van der Waals surface area contributed by atoms with Crippen molar-refractivity contribution in [3.63, 3.8) is 0 Å². The molecule has 0 radical (unpaired) electrons. The predicted octanol–water partition coefficient (Wildman–Crippen LogP) is 2.67. The van der Waals surface area contributed by atoms with E-state index in [4.69, 9.17) is 18.9 Å². The number of carbonyl (C=O) groups is 1. The number of methoxy groups -OCH3 is 1. The number of rotatable bonds is 10. The fourth-order valence-electron chi connectivity index (χ4n) is 2.03. The summed E-state index contributed by atoms with van der Waals surface area (Å²) in [5.74, 6) is 2.68. The van der Waals surface area contributed by atoms with Crippen molar-refractivity contribution in [1.82, 2.24) is 5.32 Å². The summed E-state index contributed by atoms with van der Waals surface area (Å²) < 4.78 is 21.4. The molecule has 25 heavy (non-hydrogen) atoms. The van der Waals surface area contributed by atoms with Gasteiger partial charge in [0.25, 0.3) is 5.91 Å². The van der Waals surface area contributed by atoms with Crippen LogP contribution in [0, 0.1) is 0 Å². The highest BCUT2D eigenvalue weighted by Gasteiger charge is 2.03. The highest BCUT2D eigenvalue weighted by Crippen LogP contribution is 2.17. The quantitative estimate of drug-likeness (QED) is 0.671. The highest BCUT2D eigenvalue weighted by molar-refractivity contribution is 5.77. The zero-order chi connectivity index (χ0) is 17.9. The maximum Gasteiger partial charge on any atom is 0.258 e. The monoisotopic (exact) mass is 345 g/mol. The van der Waals surface area contributed by atoms with Crippen LogP contribution in [0.15, 0.2) is 48.5 Å². The number of amides is 1. The minimum Gasteiger partial charge on any atom is -0.497 e. The summed E-state index contributed by atoms with van der Waals surface area (Å²) in [4.78, 5) is 11.7. The molecule has 0 spiro atoms. The lowest BCUT2D eigenvalue weighted by atomic mass is 10.3. The number of ether oxygens (including phenoxy) is 4. The van der Waals surface area contributed by atoms with Gasteiger partial charge in [-0.15, -0.1) is 0 Å². The normalized spacial score (nSPS) is 10.0. The van der Waals surface area contributed by atoms with Crippen LogP contribution in [0.3, 0.4) is 0 Å². The van der Waals surface area contributed by atoms with Gasteiger partial charge in [-0.3, -0.25) is 4.79 Å². The maximum absolute atomic E-state index is 11.7. The molecule has 134 valence electrons. The van der Waals surface area contributed by atoms with Crippen LogP contribution >= 0.6 is 0 Å². The average Bonchev–Trinajstić information content (AvgIpc) is 2.65. The second-order valence-electron chi connectivity index (χ2n) is 5.07. The van der Waals surface area contributed by atoms with Crippen molar-refractivity contribution in [1.29, 1.82) is 0 Å². The Morgan fingerprint density at radius 3 is 1.92 bits per heavy atom. The second kappa shape index (κ2) is 10.1. The first-order valence-electron chi connectivity index (χ1n) is 8.10. The summed E-state index contributed by atoms with van der Waals surface area (Å²) in [6.07, 6.45) is 0. The van der Waals surface area contributed by atoms with Gasteiger partial charge in [-0.05, 0) is 55.5 Å². The zero-order valence-electron chi connectivity index (χ0n) is 14.5. The van der Waals surface area contributed by atoms with E-state index >= 15 is 0 Å². The first-order chi connectivity index (χ1) is 12.2. The summed E-state index contributed by atoms with van der Waals surface area (Å²) in [5.41, 5.74) is 0. The van der Waals surface area contributed by atoms with E-state index in [2.05, 4.69) is 5.32 Å². The molecule has 0 unspecified atom stereocenters. The molecule has 0 saturated heterocycles. The number of nitrogens with one attached hydrogen (secondary N) is 1. The van der Waals surface area contributed by atoms with Crippen molar-refractivity contribution in [2.24, 2.45) is 0 Å². The minimum atomic E-state index is -0.202. The minimum absolute atomic E-state index is 0.0451. The first kappa shape index (κ1) is 18.4. The van der Waals surface area contributed by atoms with E-state index in [1.54, 1.807) is 31.4 Å². The van der Waals surface area contributed by atoms with E-state index in [1.165, 1.54) is 0 Å². The molecule has 0 aromatic heterocycles. The van der Waals surface area contributed by atoms with Crippen LogP contribution in [-0.2, 0) is 4.79 Å². The molecule has 6 nitrogen and oxygen atoms in total. The van der Waals surface area contributed by atoms with Gasteiger partial charge in [0.05, 0.1) is 20.3 Å². The van der Waals surface area contributed by atoms with Gasteiger partial charge in [0.2, 0.25) is 0 Å². The van der Waals surface area contributed by atoms with Crippen LogP contribution in [0.2, 0.25) is 0 Å². The second-order valence-corrected chi connectivity index (χ2v) is 5.07. The van der Waals surface area contributed by atoms with E-state index in [9.17, 15) is 4.79 Å². The fraction of sp³-hybridized carbons (Fsp3) is 0.316. The smallest absolute Gasteiger partial charge is 0.258 e. The van der Waals surface area contributed by atoms with Gasteiger partial charge in [0.1, 0.15) is 29.6 Å². The van der Waals surface area contributed by atoms with Crippen molar-refractivity contribution in [3.05, 3.63) is 48.5 Å². The third-order valence-electron chi connectivity index (χ3n) is 3.26. The highest BCUT2D eigenvalue weighted by atomic mass is 16.5. The molecule has 0 aliphatic rings. The molecular weight excluding hydrogens is 322 g/mol. The number of benzene rings is 2. The molecule has 6 heteroatoms. The van der Waals surface area contributed by atoms with Gasteiger partial charge >= 0.3 is 0 Å². The molecule has 0 atom stereocenters. The number of carbonyl (C=O) groups excluding carboxylic acids is 1. The molecule has 0 fully saturated rings. The maximum atomic E-state index is 11.7. The Balaban J connectivity index is 1.61. The van der Waals surface area contributed by atoms with Gasteiger partial charge in [-0.25, -0.2) is 0 Å². The Hall–Kier alpha value is -2.89. The van der Waals surface area contributed by atoms with Crippen LogP contribution in [0.4, 0.5) is 0 Å². The zero-order valence-corrected chi connectivity index (χ0v) is 14.5. The molecule has 0 heterocycles. The molecule has 2 rings (SSSR count). The molecular formula is C19H23NO5. The largest absolute Gasteiger partial charge is 0.497 e. The SMILES string of the molecule is CCOc1ccc(OCC(=O)NCCOc2ccc(OC)cc2)cc1. The molecule has 2 aromatic carbocycles. The fourth-order valence-corrected chi connectivity index (χ4v) is 2.03. The van der Waals surface area contributed by atoms with Crippen molar-refractivity contribution < 1.29 is 23.7 Å². The Kier molecular flexibility index (Phi) is 7.43. The topological polar surface area (TPSA) is 66.0 Å². The Morgan fingerprint density at radius 2 is 1.36 bits per heavy atom. The van der Waals surface area contributed by atoms with Crippen LogP contribution in [0.1, 0.15) is 6.92 Å². The summed E-state index contributed by atoms with van der Waals surface area (Å²) in [6, 6.07) is 14.4. The van der Waals surface area contributed by atoms with E-state index < -0.39 is 0 Å². The van der Waals surface area contributed by atoms with Crippen molar-refractivity contribution in [3.8, 4) is 23.0 Å². The van der Waals surface area contributed by atoms with Crippen molar-refractivity contribution >= 4 is 5.91 Å². The Labute approximate surface area is 147 Å². The Bertz CT molecular complexity index is 640. The van der Waals surface area contributed by atoms with Crippen LogP contribution in [0.25, 0.3) is 0 Å². The molecule has 1 N–H and O–H groups in total. The van der Waals surface area contributed by atoms with E-state index in [0.717, 1.165) is 17.2 Å². The van der Waals surface area contributed by atoms with E-state index in [-0.39, 0.29) is 12.5 Å². The van der Waals surface area contributed by atoms with E-state index in [0.29, 0.717) is 25.5 Å². The van der Waals surface area contributed by atoms with Gasteiger partial charge in [0, 0.05) is 0 Å². The number of hydrogen-bond donors (Lipinski definition) is 1. The Morgan fingerprint density at radius 1 is 0.840 bits per heavy atom. The van der Waals surface area contributed by atoms with Gasteiger partial charge in [0.15, 0.2) is 6.61 Å². The van der Waals surface area contributed by atoms with Gasteiger partial charge in [-0.2, -0.15) is 0 Å². The summed E-state index contributed by atoms with van der Waals surface area (Å²) in [5, 5.41) is 2.74. The summed E-state index contributed by atoms with van der Waals surface area (Å²) in [6.45, 7) is 3.27. The standard InChI is InChI=1S/C19H23NO5/c1-3-23-16-8-10-18(11-9-16)25-14-19(21)20-12-13-24-17-6-4-15(22-2)5-7-17/h4-11H,3,12-14H2,1-2H3,(H,20,21). The molecule has 0 aliphatic carbocycles. The average molecular weight is 345 g/mol. The molecule has 1 amide bonds. The van der Waals surface area contributed by atoms with Crippen LogP contribution in [0.5, 0.6) is 23.0 Å². The molecule has 0 aliphatic heterocycles. The summed E-state index contributed by atoms with van der Waals surface area (Å²) in [7, 11) is 1.61. The predicted molar refractivity (Wildman–Crippen MR) is 94.6 cm³/mol. The molecule has 2 aromatic rings. The summed E-state index contributed by atoms with van der Waals surface area (Å²) >= 11 is 0. The third-order valence-corrected chi connectivity index (χ3v) is 3.26. The lowest BCUT2D eigenvalue weighted by Crippen LogP contribution is -2.32. The van der Waals surface area contributed by atoms with Gasteiger partial charge in [-0.1, -0.05) is 0 Å². The van der Waals surface area contributed by atoms with Gasteiger partial charge < -0.3 is 24.3 Å².